The molecule has 0 amide bonds. The molecule has 2 atom stereocenters. The maximum Gasteiger partial charge on any atom is 0.573 e. The van der Waals surface area contributed by atoms with E-state index in [0.29, 0.717) is 4.47 Å². The van der Waals surface area contributed by atoms with Gasteiger partial charge in [-0.05, 0) is 23.8 Å². The molecule has 0 bridgehead atoms. The van der Waals surface area contributed by atoms with E-state index in [9.17, 15) is 18.3 Å². The number of hydrogen-bond acceptors (Lipinski definition) is 3. The van der Waals surface area contributed by atoms with E-state index in [1.54, 1.807) is 0 Å². The molecular weight excluding hydrogens is 411 g/mol. The molecule has 0 spiro atoms. The third-order valence-corrected chi connectivity index (χ3v) is 3.75. The zero-order valence-corrected chi connectivity index (χ0v) is 14.7. The molecule has 0 aliphatic heterocycles. The third kappa shape index (κ3) is 5.98. The first kappa shape index (κ1) is 20.8. The van der Waals surface area contributed by atoms with Gasteiger partial charge in [0.2, 0.25) is 0 Å². The lowest BCUT2D eigenvalue weighted by Gasteiger charge is -2.22. The number of ether oxygens (including phenoxy) is 1. The maximum atomic E-state index is 12.5. The Labute approximate surface area is 152 Å². The van der Waals surface area contributed by atoms with E-state index in [4.69, 9.17) is 5.73 Å². The zero-order valence-electron chi connectivity index (χ0n) is 12.3. The minimum absolute atomic E-state index is 0. The highest BCUT2D eigenvalue weighted by Crippen LogP contribution is 2.33. The zero-order chi connectivity index (χ0) is 17.0. The van der Waals surface area contributed by atoms with Gasteiger partial charge >= 0.3 is 6.36 Å². The van der Waals surface area contributed by atoms with Crippen molar-refractivity contribution in [1.29, 1.82) is 0 Å². The van der Waals surface area contributed by atoms with Crippen molar-refractivity contribution < 1.29 is 23.0 Å². The number of alkyl halides is 3. The first-order chi connectivity index (χ1) is 10.8. The number of rotatable bonds is 5. The average Bonchev–Trinajstić information content (AvgIpc) is 2.48. The molecule has 0 aromatic heterocycles. The molecule has 0 aliphatic rings. The van der Waals surface area contributed by atoms with Crippen LogP contribution in [0.25, 0.3) is 0 Å². The Kier molecular flexibility index (Phi) is 7.54. The summed E-state index contributed by atoms with van der Waals surface area (Å²) >= 11 is 3.19. The molecule has 2 rings (SSSR count). The Balaban J connectivity index is 0.00000288. The van der Waals surface area contributed by atoms with E-state index in [1.807, 2.05) is 30.3 Å². The van der Waals surface area contributed by atoms with Crippen molar-refractivity contribution in [3.8, 4) is 5.75 Å². The van der Waals surface area contributed by atoms with Gasteiger partial charge in [-0.3, -0.25) is 0 Å². The molecule has 3 nitrogen and oxygen atoms in total. The van der Waals surface area contributed by atoms with Crippen molar-refractivity contribution in [2.24, 2.45) is 5.73 Å². The first-order valence-electron chi connectivity index (χ1n) is 6.79. The summed E-state index contributed by atoms with van der Waals surface area (Å²) in [5.74, 6) is -0.416. The maximum absolute atomic E-state index is 12.5. The van der Waals surface area contributed by atoms with Crippen molar-refractivity contribution in [2.45, 2.75) is 24.9 Å². The van der Waals surface area contributed by atoms with Crippen molar-refractivity contribution in [3.63, 3.8) is 0 Å². The normalized spacial score (nSPS) is 13.8. The Morgan fingerprint density at radius 3 is 2.33 bits per heavy atom. The van der Waals surface area contributed by atoms with Gasteiger partial charge in [-0.15, -0.1) is 25.6 Å². The van der Waals surface area contributed by atoms with Crippen molar-refractivity contribution >= 4 is 28.3 Å². The largest absolute Gasteiger partial charge is 0.573 e. The number of nitrogens with two attached hydrogens (primary N) is 1. The summed E-state index contributed by atoms with van der Waals surface area (Å²) in [5, 5.41) is 10.3. The summed E-state index contributed by atoms with van der Waals surface area (Å²) in [7, 11) is 0. The van der Waals surface area contributed by atoms with Crippen LogP contribution < -0.4 is 10.5 Å². The summed E-state index contributed by atoms with van der Waals surface area (Å²) in [6.45, 7) is 0. The van der Waals surface area contributed by atoms with Crippen LogP contribution in [0.1, 0.15) is 17.2 Å². The Morgan fingerprint density at radius 2 is 1.75 bits per heavy atom. The predicted molar refractivity (Wildman–Crippen MR) is 91.2 cm³/mol. The van der Waals surface area contributed by atoms with Gasteiger partial charge in [0.15, 0.2) is 0 Å². The molecule has 0 saturated carbocycles. The van der Waals surface area contributed by atoms with Crippen LogP contribution in [0.4, 0.5) is 13.2 Å². The lowest BCUT2D eigenvalue weighted by atomic mass is 9.96. The molecule has 8 heteroatoms. The van der Waals surface area contributed by atoms with Crippen LogP contribution in [0, 0.1) is 0 Å². The standard InChI is InChI=1S/C16H15BrF3NO2.ClH/c17-11-6-7-14(23-16(18,19)20)12(9-11)15(21)13(22)8-10-4-2-1-3-5-10;/h1-7,9,13,15,22H,8,21H2;1H/t13-,15+;/m1./s1. The molecule has 132 valence electrons. The van der Waals surface area contributed by atoms with Crippen LogP contribution in [0.5, 0.6) is 5.75 Å². The summed E-state index contributed by atoms with van der Waals surface area (Å²) < 4.78 is 42.0. The first-order valence-corrected chi connectivity index (χ1v) is 7.58. The fourth-order valence-electron chi connectivity index (χ4n) is 2.19. The average molecular weight is 427 g/mol. The molecule has 2 aromatic carbocycles. The van der Waals surface area contributed by atoms with E-state index in [2.05, 4.69) is 20.7 Å². The second-order valence-electron chi connectivity index (χ2n) is 5.01. The number of hydrogen-bond donors (Lipinski definition) is 2. The fourth-order valence-corrected chi connectivity index (χ4v) is 2.57. The van der Waals surface area contributed by atoms with Gasteiger partial charge < -0.3 is 15.6 Å². The molecule has 0 radical (unpaired) electrons. The van der Waals surface area contributed by atoms with Gasteiger partial charge in [-0.25, -0.2) is 0 Å². The molecule has 0 unspecified atom stereocenters. The van der Waals surface area contributed by atoms with Crippen molar-refractivity contribution in [3.05, 3.63) is 64.1 Å². The third-order valence-electron chi connectivity index (χ3n) is 3.26. The molecule has 0 saturated heterocycles. The lowest BCUT2D eigenvalue weighted by molar-refractivity contribution is -0.275. The second-order valence-corrected chi connectivity index (χ2v) is 5.93. The predicted octanol–water partition coefficient (Wildman–Crippen LogP) is 4.37. The van der Waals surface area contributed by atoms with Gasteiger partial charge in [-0.2, -0.15) is 0 Å². The Morgan fingerprint density at radius 1 is 1.12 bits per heavy atom. The van der Waals surface area contributed by atoms with Gasteiger partial charge in [0.1, 0.15) is 5.75 Å². The van der Waals surface area contributed by atoms with Crippen molar-refractivity contribution in [2.75, 3.05) is 0 Å². The topological polar surface area (TPSA) is 55.5 Å². The minimum Gasteiger partial charge on any atom is -0.405 e. The molecule has 3 N–H and O–H groups in total. The fraction of sp³-hybridized carbons (Fsp3) is 0.250. The highest BCUT2D eigenvalue weighted by molar-refractivity contribution is 9.10. The van der Waals surface area contributed by atoms with Crippen LogP contribution in [0.15, 0.2) is 53.0 Å². The Bertz CT molecular complexity index is 656. The quantitative estimate of drug-likeness (QED) is 0.746. The van der Waals surface area contributed by atoms with E-state index in [-0.39, 0.29) is 24.4 Å². The van der Waals surface area contributed by atoms with Crippen LogP contribution in [0.2, 0.25) is 0 Å². The highest BCUT2D eigenvalue weighted by atomic mass is 79.9. The van der Waals surface area contributed by atoms with Gasteiger partial charge in [0.05, 0.1) is 12.1 Å². The number of benzene rings is 2. The molecule has 24 heavy (non-hydrogen) atoms. The van der Waals surface area contributed by atoms with E-state index in [0.717, 1.165) is 5.56 Å². The number of aliphatic hydroxyl groups excluding tert-OH is 1. The molecular formula is C16H16BrClF3NO2. The monoisotopic (exact) mass is 425 g/mol. The second kappa shape index (κ2) is 8.71. The summed E-state index contributed by atoms with van der Waals surface area (Å²) in [4.78, 5) is 0. The van der Waals surface area contributed by atoms with Crippen LogP contribution >= 0.6 is 28.3 Å². The van der Waals surface area contributed by atoms with E-state index < -0.39 is 24.3 Å². The Hall–Kier alpha value is -1.28. The SMILES string of the molecule is Cl.N[C@@H](c1cc(Br)ccc1OC(F)(F)F)[C@H](O)Cc1ccccc1. The van der Waals surface area contributed by atoms with E-state index in [1.165, 1.54) is 18.2 Å². The van der Waals surface area contributed by atoms with Crippen LogP contribution in [-0.4, -0.2) is 17.6 Å². The summed E-state index contributed by atoms with van der Waals surface area (Å²) in [6, 6.07) is 12.1. The summed E-state index contributed by atoms with van der Waals surface area (Å²) in [6.07, 6.45) is -5.66. The number of aliphatic hydroxyl groups is 1. The molecule has 0 fully saturated rings. The van der Waals surface area contributed by atoms with Gasteiger partial charge in [-0.1, -0.05) is 46.3 Å². The van der Waals surface area contributed by atoms with Crippen LogP contribution in [-0.2, 0) is 6.42 Å². The van der Waals surface area contributed by atoms with Gasteiger partial charge in [0.25, 0.3) is 0 Å². The minimum atomic E-state index is -4.83. The van der Waals surface area contributed by atoms with Gasteiger partial charge in [0, 0.05) is 16.5 Å². The molecule has 2 aromatic rings. The van der Waals surface area contributed by atoms with Crippen molar-refractivity contribution in [1.82, 2.24) is 0 Å². The van der Waals surface area contributed by atoms with Crippen LogP contribution in [0.3, 0.4) is 0 Å². The smallest absolute Gasteiger partial charge is 0.405 e. The lowest BCUT2D eigenvalue weighted by Crippen LogP contribution is -2.29. The number of halogens is 5. The summed E-state index contributed by atoms with van der Waals surface area (Å²) in [5.41, 5.74) is 6.88. The molecule has 0 heterocycles. The molecule has 0 aliphatic carbocycles. The highest BCUT2D eigenvalue weighted by Gasteiger charge is 2.33. The van der Waals surface area contributed by atoms with E-state index >= 15 is 0 Å².